The van der Waals surface area contributed by atoms with Gasteiger partial charge in [0, 0.05) is 0 Å². The maximum absolute atomic E-state index is 11.2. The van der Waals surface area contributed by atoms with Crippen LogP contribution in [-0.2, 0) is 5.41 Å². The van der Waals surface area contributed by atoms with Gasteiger partial charge >= 0.3 is 5.97 Å². The second-order valence-electron chi connectivity index (χ2n) is 9.35. The highest BCUT2D eigenvalue weighted by Gasteiger charge is 2.29. The Morgan fingerprint density at radius 2 is 1.48 bits per heavy atom. The number of carboxylic acid groups (broad SMARTS) is 1. The van der Waals surface area contributed by atoms with E-state index in [1.54, 1.807) is 12.1 Å². The molecule has 5 rings (SSSR count). The van der Waals surface area contributed by atoms with Crippen molar-refractivity contribution in [2.75, 3.05) is 0 Å². The van der Waals surface area contributed by atoms with Crippen molar-refractivity contribution in [1.82, 2.24) is 0 Å². The third kappa shape index (κ3) is 3.68. The summed E-state index contributed by atoms with van der Waals surface area (Å²) in [5, 5.41) is 11.7. The third-order valence-corrected chi connectivity index (χ3v) is 6.76. The lowest BCUT2D eigenvalue weighted by atomic mass is 9.71. The highest BCUT2D eigenvalue weighted by molar-refractivity contribution is 5.99. The van der Waals surface area contributed by atoms with E-state index < -0.39 is 5.97 Å². The summed E-state index contributed by atoms with van der Waals surface area (Å²) in [4.78, 5) is 11.2. The number of fused-ring (bicyclic) bond motifs is 2. The predicted octanol–water partition coefficient (Wildman–Crippen LogP) is 7.71. The van der Waals surface area contributed by atoms with Gasteiger partial charge in [0.05, 0.1) is 5.56 Å². The van der Waals surface area contributed by atoms with Crippen molar-refractivity contribution in [3.63, 3.8) is 0 Å². The highest BCUT2D eigenvalue weighted by atomic mass is 16.4. The zero-order chi connectivity index (χ0) is 23.2. The summed E-state index contributed by atoms with van der Waals surface area (Å²) in [7, 11) is 0. The summed E-state index contributed by atoms with van der Waals surface area (Å²) >= 11 is 0. The second kappa shape index (κ2) is 7.90. The standard InChI is InChI=1S/C31H26O2/c1-20(21-11-13-23(14-12-21)30(32)33)24-15-16-29-28(19-24)27(17-18-31(29,2)3)26-10-6-8-22-7-4-5-9-25(22)26/h4-17,19H,1,18H2,2-3H3,(H,32,33). The van der Waals surface area contributed by atoms with Gasteiger partial charge in [-0.25, -0.2) is 4.79 Å². The van der Waals surface area contributed by atoms with E-state index in [0.29, 0.717) is 0 Å². The number of rotatable bonds is 4. The molecule has 0 atom stereocenters. The van der Waals surface area contributed by atoms with Crippen LogP contribution < -0.4 is 0 Å². The monoisotopic (exact) mass is 430 g/mol. The molecule has 33 heavy (non-hydrogen) atoms. The van der Waals surface area contributed by atoms with Crippen LogP contribution in [-0.4, -0.2) is 11.1 Å². The molecule has 0 amide bonds. The van der Waals surface area contributed by atoms with Crippen molar-refractivity contribution in [2.24, 2.45) is 0 Å². The van der Waals surface area contributed by atoms with Crippen LogP contribution in [0.4, 0.5) is 0 Å². The minimum atomic E-state index is -0.923. The maximum Gasteiger partial charge on any atom is 0.335 e. The number of hydrogen-bond acceptors (Lipinski definition) is 1. The van der Waals surface area contributed by atoms with Gasteiger partial charge in [0.15, 0.2) is 0 Å². The average molecular weight is 431 g/mol. The van der Waals surface area contributed by atoms with Crippen LogP contribution in [0.15, 0.2) is 97.6 Å². The van der Waals surface area contributed by atoms with Gasteiger partial charge in [0.1, 0.15) is 0 Å². The predicted molar refractivity (Wildman–Crippen MR) is 137 cm³/mol. The van der Waals surface area contributed by atoms with Crippen molar-refractivity contribution in [1.29, 1.82) is 0 Å². The Bertz CT molecular complexity index is 1430. The van der Waals surface area contributed by atoms with Crippen LogP contribution in [0, 0.1) is 0 Å². The molecule has 0 spiro atoms. The van der Waals surface area contributed by atoms with Crippen molar-refractivity contribution in [3.8, 4) is 0 Å². The topological polar surface area (TPSA) is 37.3 Å². The molecule has 4 aromatic rings. The van der Waals surface area contributed by atoms with Crippen LogP contribution in [0.5, 0.6) is 0 Å². The first-order chi connectivity index (χ1) is 15.8. The summed E-state index contributed by atoms with van der Waals surface area (Å²) in [6, 6.07) is 28.6. The molecular weight excluding hydrogens is 404 g/mol. The fourth-order valence-corrected chi connectivity index (χ4v) is 4.82. The van der Waals surface area contributed by atoms with Gasteiger partial charge in [-0.1, -0.05) is 93.2 Å². The van der Waals surface area contributed by atoms with E-state index in [2.05, 4.69) is 87.2 Å². The van der Waals surface area contributed by atoms with Crippen molar-refractivity contribution < 1.29 is 9.90 Å². The normalized spacial score (nSPS) is 14.4. The van der Waals surface area contributed by atoms with E-state index in [9.17, 15) is 9.90 Å². The number of aromatic carboxylic acids is 1. The zero-order valence-corrected chi connectivity index (χ0v) is 18.9. The molecule has 162 valence electrons. The van der Waals surface area contributed by atoms with Gasteiger partial charge in [-0.15, -0.1) is 0 Å². The molecule has 0 saturated heterocycles. The second-order valence-corrected chi connectivity index (χ2v) is 9.35. The van der Waals surface area contributed by atoms with E-state index in [4.69, 9.17) is 0 Å². The van der Waals surface area contributed by atoms with Crippen LogP contribution >= 0.6 is 0 Å². The number of carbonyl (C=O) groups is 1. The van der Waals surface area contributed by atoms with E-state index in [1.807, 2.05) is 12.1 Å². The molecule has 0 fully saturated rings. The minimum Gasteiger partial charge on any atom is -0.478 e. The SMILES string of the molecule is C=C(c1ccc(C(=O)O)cc1)c1ccc2c(c1)C(c1cccc3ccccc13)=CCC2(C)C. The lowest BCUT2D eigenvalue weighted by Gasteiger charge is -2.33. The number of benzene rings is 4. The fraction of sp³-hybridized carbons (Fsp3) is 0.129. The van der Waals surface area contributed by atoms with Gasteiger partial charge in [0.2, 0.25) is 0 Å². The third-order valence-electron chi connectivity index (χ3n) is 6.76. The summed E-state index contributed by atoms with van der Waals surface area (Å²) in [6.45, 7) is 8.92. The Morgan fingerprint density at radius 3 is 2.24 bits per heavy atom. The van der Waals surface area contributed by atoms with Gasteiger partial charge in [0.25, 0.3) is 0 Å². The molecule has 0 heterocycles. The molecule has 1 N–H and O–H groups in total. The molecule has 0 aromatic heterocycles. The van der Waals surface area contributed by atoms with E-state index in [1.165, 1.54) is 33.0 Å². The van der Waals surface area contributed by atoms with Crippen LogP contribution in [0.1, 0.15) is 58.4 Å². The van der Waals surface area contributed by atoms with Crippen LogP contribution in [0.25, 0.3) is 21.9 Å². The maximum atomic E-state index is 11.2. The molecule has 2 nitrogen and oxygen atoms in total. The van der Waals surface area contributed by atoms with Gasteiger partial charge in [-0.05, 0) is 79.8 Å². The minimum absolute atomic E-state index is 0.0480. The van der Waals surface area contributed by atoms with Crippen LogP contribution in [0.3, 0.4) is 0 Å². The van der Waals surface area contributed by atoms with E-state index >= 15 is 0 Å². The Balaban J connectivity index is 1.63. The van der Waals surface area contributed by atoms with Gasteiger partial charge < -0.3 is 5.11 Å². The molecule has 0 radical (unpaired) electrons. The Morgan fingerprint density at radius 1 is 0.818 bits per heavy atom. The molecule has 1 aliphatic carbocycles. The largest absolute Gasteiger partial charge is 0.478 e. The Labute approximate surface area is 194 Å². The van der Waals surface area contributed by atoms with Crippen LogP contribution in [0.2, 0.25) is 0 Å². The molecule has 1 aliphatic rings. The first-order valence-electron chi connectivity index (χ1n) is 11.2. The van der Waals surface area contributed by atoms with E-state index in [0.717, 1.165) is 23.1 Å². The van der Waals surface area contributed by atoms with E-state index in [-0.39, 0.29) is 11.0 Å². The number of allylic oxidation sites excluding steroid dienone is 1. The smallest absolute Gasteiger partial charge is 0.335 e. The Kier molecular flexibility index (Phi) is 5.02. The fourth-order valence-electron chi connectivity index (χ4n) is 4.82. The molecule has 0 bridgehead atoms. The summed E-state index contributed by atoms with van der Waals surface area (Å²) in [5.74, 6) is -0.923. The molecular formula is C31H26O2. The van der Waals surface area contributed by atoms with Gasteiger partial charge in [-0.2, -0.15) is 0 Å². The zero-order valence-electron chi connectivity index (χ0n) is 18.9. The molecule has 2 heteroatoms. The van der Waals surface area contributed by atoms with Crippen molar-refractivity contribution in [3.05, 3.63) is 131 Å². The molecule has 4 aromatic carbocycles. The molecule has 0 aliphatic heterocycles. The quantitative estimate of drug-likeness (QED) is 0.360. The molecule has 0 saturated carbocycles. The summed E-state index contributed by atoms with van der Waals surface area (Å²) < 4.78 is 0. The number of carboxylic acids is 1. The van der Waals surface area contributed by atoms with Crippen molar-refractivity contribution >= 4 is 27.9 Å². The summed E-state index contributed by atoms with van der Waals surface area (Å²) in [6.07, 6.45) is 3.35. The lowest BCUT2D eigenvalue weighted by Crippen LogP contribution is -2.22. The summed E-state index contributed by atoms with van der Waals surface area (Å²) in [5.41, 5.74) is 8.26. The molecule has 0 unspecified atom stereocenters. The van der Waals surface area contributed by atoms with Crippen molar-refractivity contribution in [2.45, 2.75) is 25.7 Å². The first-order valence-corrected chi connectivity index (χ1v) is 11.2. The average Bonchev–Trinajstić information content (AvgIpc) is 2.83. The first kappa shape index (κ1) is 21.0. The Hall–Kier alpha value is -3.91. The highest BCUT2D eigenvalue weighted by Crippen LogP contribution is 2.44. The number of hydrogen-bond donors (Lipinski definition) is 1. The lowest BCUT2D eigenvalue weighted by molar-refractivity contribution is 0.0697. The van der Waals surface area contributed by atoms with Gasteiger partial charge in [-0.3, -0.25) is 0 Å².